The first-order valence-electron chi connectivity index (χ1n) is 6.52. The van der Waals surface area contributed by atoms with Crippen LogP contribution < -0.4 is 10.6 Å². The van der Waals surface area contributed by atoms with Gasteiger partial charge in [-0.15, -0.1) is 0 Å². The Labute approximate surface area is 127 Å². The van der Waals surface area contributed by atoms with Crippen LogP contribution in [0.1, 0.15) is 18.8 Å². The molecule has 1 amide bonds. The van der Waals surface area contributed by atoms with E-state index < -0.39 is 0 Å². The summed E-state index contributed by atoms with van der Waals surface area (Å²) in [6.07, 6.45) is 4.92. The van der Waals surface area contributed by atoms with Gasteiger partial charge in [-0.3, -0.25) is 4.79 Å². The fraction of sp³-hybridized carbons (Fsp3) is 0.133. The number of amides is 1. The predicted octanol–water partition coefficient (Wildman–Crippen LogP) is 2.13. The summed E-state index contributed by atoms with van der Waals surface area (Å²) in [5, 5.41) is 6.82. The summed E-state index contributed by atoms with van der Waals surface area (Å²) in [6.45, 7) is 1.87. The molecule has 1 aromatic carbocycles. The number of imidazole rings is 1. The number of rotatable bonds is 3. The number of H-pyrrole nitrogens is 1. The lowest BCUT2D eigenvalue weighted by molar-refractivity contribution is -0.117. The minimum absolute atomic E-state index is 0.249. The summed E-state index contributed by atoms with van der Waals surface area (Å²) in [4.78, 5) is 20.2. The van der Waals surface area contributed by atoms with E-state index in [-0.39, 0.29) is 11.9 Å². The van der Waals surface area contributed by atoms with Crippen molar-refractivity contribution in [1.29, 1.82) is 0 Å². The van der Waals surface area contributed by atoms with E-state index in [1.807, 2.05) is 31.2 Å². The van der Waals surface area contributed by atoms with Gasteiger partial charge in [0.15, 0.2) is 0 Å². The van der Waals surface area contributed by atoms with E-state index in [4.69, 9.17) is 12.2 Å². The zero-order valence-corrected chi connectivity index (χ0v) is 12.1. The summed E-state index contributed by atoms with van der Waals surface area (Å²) in [6, 6.07) is 7.48. The number of hydrogen-bond donors (Lipinski definition) is 2. The highest BCUT2D eigenvalue weighted by molar-refractivity contribution is 7.80. The van der Waals surface area contributed by atoms with Crippen LogP contribution >= 0.6 is 12.2 Å². The topological polar surface area (TPSA) is 71.9 Å². The van der Waals surface area contributed by atoms with Crippen molar-refractivity contribution < 1.29 is 4.79 Å². The summed E-state index contributed by atoms with van der Waals surface area (Å²) in [5.41, 5.74) is 2.22. The number of nitrogens with one attached hydrogen (secondary N) is 2. The number of carbonyl (C=O) groups excluding carboxylic acids is 1. The Bertz CT molecular complexity index is 742. The Kier molecular flexibility index (Phi) is 3.53. The van der Waals surface area contributed by atoms with Crippen molar-refractivity contribution in [1.82, 2.24) is 20.6 Å². The highest BCUT2D eigenvalue weighted by atomic mass is 32.1. The maximum atomic E-state index is 12.2. The number of fused-ring (bicyclic) bond motifs is 1. The van der Waals surface area contributed by atoms with Gasteiger partial charge in [0.1, 0.15) is 10.8 Å². The monoisotopic (exact) mass is 297 g/mol. The fourth-order valence-corrected chi connectivity index (χ4v) is 2.31. The van der Waals surface area contributed by atoms with E-state index in [0.29, 0.717) is 16.4 Å². The lowest BCUT2D eigenvalue weighted by atomic mass is 10.1. The first-order valence-corrected chi connectivity index (χ1v) is 6.93. The van der Waals surface area contributed by atoms with Crippen molar-refractivity contribution in [2.75, 3.05) is 0 Å². The van der Waals surface area contributed by atoms with Crippen molar-refractivity contribution in [3.63, 3.8) is 0 Å². The number of thiocarbonyl (C=S) groups is 1. The van der Waals surface area contributed by atoms with Gasteiger partial charge in [0.2, 0.25) is 0 Å². The molecule has 0 bridgehead atoms. The smallest absolute Gasteiger partial charge is 0.254 e. The summed E-state index contributed by atoms with van der Waals surface area (Å²) < 4.78 is 0. The molecule has 21 heavy (non-hydrogen) atoms. The Morgan fingerprint density at radius 3 is 2.95 bits per heavy atom. The van der Waals surface area contributed by atoms with Gasteiger partial charge in [-0.2, -0.15) is 0 Å². The molecule has 2 N–H and O–H groups in total. The van der Waals surface area contributed by atoms with Crippen LogP contribution in [0, 0.1) is 0 Å². The Balaban J connectivity index is 1.78. The van der Waals surface area contributed by atoms with Crippen molar-refractivity contribution in [2.24, 2.45) is 0 Å². The first-order chi connectivity index (χ1) is 10.1. The zero-order valence-electron chi connectivity index (χ0n) is 11.3. The number of nitrogens with zero attached hydrogens (tertiary/aromatic N) is 2. The van der Waals surface area contributed by atoms with Crippen molar-refractivity contribution in [2.45, 2.75) is 13.0 Å². The Morgan fingerprint density at radius 1 is 1.38 bits per heavy atom. The van der Waals surface area contributed by atoms with Crippen molar-refractivity contribution >= 4 is 34.1 Å². The van der Waals surface area contributed by atoms with Crippen LogP contribution in [0.5, 0.6) is 0 Å². The van der Waals surface area contributed by atoms with Gasteiger partial charge in [0.05, 0.1) is 22.6 Å². The largest absolute Gasteiger partial charge is 0.342 e. The Hall–Kier alpha value is -2.47. The molecule has 3 rings (SSSR count). The number of para-hydroxylation sites is 2. The molecule has 0 fully saturated rings. The number of aromatic amines is 1. The number of allylic oxidation sites excluding steroid dienone is 2. The van der Waals surface area contributed by atoms with E-state index in [2.05, 4.69) is 20.6 Å². The van der Waals surface area contributed by atoms with Gasteiger partial charge < -0.3 is 10.3 Å². The predicted molar refractivity (Wildman–Crippen MR) is 84.6 cm³/mol. The standard InChI is InChI=1S/C15H13N4OS/c1-9(13-18-11-6-2-3-7-12(11)19-13)17-14(20)10-5-4-8-16-15(10)21/h2-9H,1H3,(H,17,20)(H,18,19). The normalized spacial score (nSPS) is 15.5. The second-order valence-corrected chi connectivity index (χ2v) is 5.08. The van der Waals surface area contributed by atoms with Crippen LogP contribution in [0.15, 0.2) is 48.2 Å². The number of benzene rings is 1. The molecule has 1 unspecified atom stereocenters. The zero-order chi connectivity index (χ0) is 14.8. The second kappa shape index (κ2) is 5.49. The minimum atomic E-state index is -0.250. The molecule has 105 valence electrons. The molecular weight excluding hydrogens is 284 g/mol. The van der Waals surface area contributed by atoms with Gasteiger partial charge in [-0.25, -0.2) is 10.3 Å². The third-order valence-corrected chi connectivity index (χ3v) is 3.51. The molecule has 0 saturated carbocycles. The molecule has 5 nitrogen and oxygen atoms in total. The van der Waals surface area contributed by atoms with Gasteiger partial charge >= 0.3 is 0 Å². The first kappa shape index (κ1) is 13.5. The van der Waals surface area contributed by atoms with Crippen molar-refractivity contribution in [3.05, 3.63) is 54.0 Å². The summed E-state index contributed by atoms with van der Waals surface area (Å²) in [7, 11) is 0. The van der Waals surface area contributed by atoms with E-state index in [1.54, 1.807) is 18.4 Å². The molecule has 0 aliphatic carbocycles. The maximum Gasteiger partial charge on any atom is 0.254 e. The summed E-state index contributed by atoms with van der Waals surface area (Å²) in [5.74, 6) is 0.459. The van der Waals surface area contributed by atoms with Crippen molar-refractivity contribution in [3.8, 4) is 0 Å². The average molecular weight is 297 g/mol. The lowest BCUT2D eigenvalue weighted by Crippen LogP contribution is -2.33. The number of aromatic nitrogens is 2. The van der Waals surface area contributed by atoms with E-state index >= 15 is 0 Å². The van der Waals surface area contributed by atoms with Gasteiger partial charge in [-0.1, -0.05) is 24.4 Å². The third-order valence-electron chi connectivity index (χ3n) is 3.18. The second-order valence-electron chi connectivity index (χ2n) is 4.69. The molecule has 2 heterocycles. The van der Waals surface area contributed by atoms with E-state index in [9.17, 15) is 4.79 Å². The summed E-state index contributed by atoms with van der Waals surface area (Å²) >= 11 is 5.05. The molecule has 1 aliphatic rings. The van der Waals surface area contributed by atoms with E-state index in [1.165, 1.54) is 0 Å². The van der Waals surface area contributed by atoms with Crippen LogP contribution in [0.3, 0.4) is 0 Å². The fourth-order valence-electron chi connectivity index (χ4n) is 2.08. The van der Waals surface area contributed by atoms with Crippen LogP contribution in [0.25, 0.3) is 11.0 Å². The molecule has 0 saturated heterocycles. The quantitative estimate of drug-likeness (QED) is 0.852. The Morgan fingerprint density at radius 2 is 2.19 bits per heavy atom. The molecular formula is C15H13N4OS. The number of hydrogen-bond acceptors (Lipinski definition) is 3. The highest BCUT2D eigenvalue weighted by Crippen LogP contribution is 2.16. The minimum Gasteiger partial charge on any atom is -0.342 e. The van der Waals surface area contributed by atoms with Crippen LogP contribution in [0.2, 0.25) is 0 Å². The van der Waals surface area contributed by atoms with Gasteiger partial charge in [0.25, 0.3) is 5.91 Å². The molecule has 2 aromatic rings. The van der Waals surface area contributed by atoms with Crippen LogP contribution in [0.4, 0.5) is 0 Å². The maximum absolute atomic E-state index is 12.2. The molecule has 1 aliphatic heterocycles. The third kappa shape index (κ3) is 2.71. The molecule has 1 atom stereocenters. The van der Waals surface area contributed by atoms with Crippen LogP contribution in [-0.4, -0.2) is 20.9 Å². The van der Waals surface area contributed by atoms with E-state index in [0.717, 1.165) is 11.0 Å². The molecule has 6 heteroatoms. The SMILES string of the molecule is CC(NC(=O)C1=CC=C[N]C1=S)c1nc2ccccc2[nH]1. The average Bonchev–Trinajstić information content (AvgIpc) is 2.91. The molecule has 1 aromatic heterocycles. The van der Waals surface area contributed by atoms with Gasteiger partial charge in [-0.05, 0) is 31.2 Å². The highest BCUT2D eigenvalue weighted by Gasteiger charge is 2.20. The van der Waals surface area contributed by atoms with Crippen LogP contribution in [-0.2, 0) is 4.79 Å². The van der Waals surface area contributed by atoms with Gasteiger partial charge in [0, 0.05) is 6.20 Å². The molecule has 0 spiro atoms. The molecule has 1 radical (unpaired) electrons. The number of carbonyl (C=O) groups is 1. The lowest BCUT2D eigenvalue weighted by Gasteiger charge is -2.14.